The zero-order chi connectivity index (χ0) is 15.6. The maximum absolute atomic E-state index is 12.4. The zero-order valence-electron chi connectivity index (χ0n) is 11.3. The molecule has 0 aliphatic heterocycles. The molecule has 0 bridgehead atoms. The third-order valence-electron chi connectivity index (χ3n) is 2.71. The first-order valence-corrected chi connectivity index (χ1v) is 9.27. The molecule has 1 aromatic heterocycles. The molecule has 0 atom stereocenters. The molecule has 21 heavy (non-hydrogen) atoms. The van der Waals surface area contributed by atoms with E-state index in [4.69, 9.17) is 23.2 Å². The van der Waals surface area contributed by atoms with Crippen LogP contribution in [-0.4, -0.2) is 29.6 Å². The molecule has 2 aromatic rings. The van der Waals surface area contributed by atoms with E-state index < -0.39 is 7.14 Å². The van der Waals surface area contributed by atoms with Gasteiger partial charge in [-0.1, -0.05) is 11.6 Å². The molecule has 0 aliphatic carbocycles. The summed E-state index contributed by atoms with van der Waals surface area (Å²) in [5.74, 6) is 0.310. The summed E-state index contributed by atoms with van der Waals surface area (Å²) in [5.41, 5.74) is 1.01. The number of nitrogens with one attached hydrogen (secondary N) is 1. The van der Waals surface area contributed by atoms with Crippen LogP contribution in [0.15, 0.2) is 24.4 Å². The average molecular weight is 344 g/mol. The van der Waals surface area contributed by atoms with Crippen LogP contribution in [0.4, 0.5) is 11.5 Å². The SMILES string of the molecule is CP(C)(=O)c1cc(C=O)ccc1Nc1nc(Cl)ncc1Cl. The Hall–Kier alpha value is -1.42. The lowest BCUT2D eigenvalue weighted by Crippen LogP contribution is -2.11. The van der Waals surface area contributed by atoms with Crippen molar-refractivity contribution in [1.29, 1.82) is 0 Å². The monoisotopic (exact) mass is 343 g/mol. The van der Waals surface area contributed by atoms with E-state index >= 15 is 0 Å². The molecule has 5 nitrogen and oxygen atoms in total. The fraction of sp³-hybridized carbons (Fsp3) is 0.154. The molecule has 0 radical (unpaired) electrons. The number of benzene rings is 1. The summed E-state index contributed by atoms with van der Waals surface area (Å²) in [4.78, 5) is 18.6. The van der Waals surface area contributed by atoms with Gasteiger partial charge in [-0.25, -0.2) is 4.98 Å². The molecule has 0 spiro atoms. The Morgan fingerprint density at radius 1 is 1.29 bits per heavy atom. The van der Waals surface area contributed by atoms with Crippen LogP contribution in [-0.2, 0) is 4.57 Å². The third-order valence-corrected chi connectivity index (χ3v) is 4.69. The normalized spacial score (nSPS) is 11.2. The smallest absolute Gasteiger partial charge is 0.224 e. The van der Waals surface area contributed by atoms with Crippen LogP contribution in [0, 0.1) is 0 Å². The van der Waals surface area contributed by atoms with Crippen LogP contribution in [0.3, 0.4) is 0 Å². The Labute approximate surface area is 132 Å². The van der Waals surface area contributed by atoms with Crippen molar-refractivity contribution in [2.24, 2.45) is 0 Å². The first-order valence-electron chi connectivity index (χ1n) is 5.91. The summed E-state index contributed by atoms with van der Waals surface area (Å²) in [5, 5.41) is 3.85. The topological polar surface area (TPSA) is 72.0 Å². The number of carbonyl (C=O) groups is 1. The Morgan fingerprint density at radius 2 is 2.00 bits per heavy atom. The minimum Gasteiger partial charge on any atom is -0.338 e. The molecular weight excluding hydrogens is 332 g/mol. The molecule has 8 heteroatoms. The maximum atomic E-state index is 12.4. The lowest BCUT2D eigenvalue weighted by molar-refractivity contribution is 0.112. The molecule has 1 aromatic carbocycles. The van der Waals surface area contributed by atoms with Gasteiger partial charge in [0.15, 0.2) is 5.82 Å². The average Bonchev–Trinajstić information content (AvgIpc) is 2.42. The van der Waals surface area contributed by atoms with E-state index in [9.17, 15) is 9.36 Å². The zero-order valence-corrected chi connectivity index (χ0v) is 13.7. The van der Waals surface area contributed by atoms with Gasteiger partial charge < -0.3 is 9.88 Å². The van der Waals surface area contributed by atoms with Crippen LogP contribution in [0.2, 0.25) is 10.3 Å². The Morgan fingerprint density at radius 3 is 2.62 bits per heavy atom. The minimum atomic E-state index is -2.60. The van der Waals surface area contributed by atoms with Crippen LogP contribution in [0.1, 0.15) is 10.4 Å². The standard InChI is InChI=1S/C13H12Cl2N3O2P/c1-21(2,20)11-5-8(7-19)3-4-10(11)17-12-9(14)6-16-13(15)18-12/h3-7H,1-2H3,(H,16,17,18). The predicted octanol–water partition coefficient (Wildman–Crippen LogP) is 3.59. The van der Waals surface area contributed by atoms with Gasteiger partial charge in [0.1, 0.15) is 18.5 Å². The number of carbonyl (C=O) groups excluding carboxylic acids is 1. The summed E-state index contributed by atoms with van der Waals surface area (Å²) in [6.45, 7) is 3.24. The van der Waals surface area contributed by atoms with Gasteiger partial charge in [-0.2, -0.15) is 4.98 Å². The lowest BCUT2D eigenvalue weighted by Gasteiger charge is -2.16. The number of rotatable bonds is 4. The van der Waals surface area contributed by atoms with Crippen LogP contribution < -0.4 is 10.6 Å². The highest BCUT2D eigenvalue weighted by atomic mass is 35.5. The van der Waals surface area contributed by atoms with E-state index in [2.05, 4.69) is 15.3 Å². The fourth-order valence-corrected chi connectivity index (χ4v) is 3.18. The van der Waals surface area contributed by atoms with Crippen LogP contribution in [0.5, 0.6) is 0 Å². The predicted molar refractivity (Wildman–Crippen MR) is 86.3 cm³/mol. The Bertz CT molecular complexity index is 746. The van der Waals surface area contributed by atoms with E-state index in [-0.39, 0.29) is 10.3 Å². The van der Waals surface area contributed by atoms with Gasteiger partial charge in [0.05, 0.1) is 11.9 Å². The molecule has 2 rings (SSSR count). The van der Waals surface area contributed by atoms with Gasteiger partial charge in [0.2, 0.25) is 5.28 Å². The second-order valence-electron chi connectivity index (χ2n) is 4.71. The summed E-state index contributed by atoms with van der Waals surface area (Å²) < 4.78 is 12.4. The van der Waals surface area contributed by atoms with Crippen molar-refractivity contribution in [2.75, 3.05) is 18.6 Å². The van der Waals surface area contributed by atoms with E-state index in [0.29, 0.717) is 28.7 Å². The van der Waals surface area contributed by atoms with Crippen LogP contribution in [0.25, 0.3) is 0 Å². The summed E-state index contributed by atoms with van der Waals surface area (Å²) in [7, 11) is -2.60. The molecular formula is C13H12Cl2N3O2P. The second-order valence-corrected chi connectivity index (χ2v) is 8.63. The molecule has 0 amide bonds. The van der Waals surface area contributed by atoms with Crippen LogP contribution >= 0.6 is 30.3 Å². The summed E-state index contributed by atoms with van der Waals surface area (Å²) in [6.07, 6.45) is 2.08. The first-order chi connectivity index (χ1) is 9.81. The van der Waals surface area contributed by atoms with E-state index in [1.54, 1.807) is 31.5 Å². The van der Waals surface area contributed by atoms with Gasteiger partial charge in [-0.3, -0.25) is 4.79 Å². The van der Waals surface area contributed by atoms with Crippen molar-refractivity contribution < 1.29 is 9.36 Å². The molecule has 0 saturated carbocycles. The summed E-state index contributed by atoms with van der Waals surface area (Å²) >= 11 is 11.7. The number of anilines is 2. The quantitative estimate of drug-likeness (QED) is 0.521. The van der Waals surface area contributed by atoms with E-state index in [0.717, 1.165) is 0 Å². The second kappa shape index (κ2) is 6.14. The number of aromatic nitrogens is 2. The molecule has 110 valence electrons. The van der Waals surface area contributed by atoms with E-state index in [1.165, 1.54) is 6.20 Å². The van der Waals surface area contributed by atoms with Crippen molar-refractivity contribution in [3.63, 3.8) is 0 Å². The molecule has 0 unspecified atom stereocenters. The van der Waals surface area contributed by atoms with Crippen molar-refractivity contribution in [3.05, 3.63) is 40.3 Å². The largest absolute Gasteiger partial charge is 0.338 e. The summed E-state index contributed by atoms with van der Waals surface area (Å²) in [6, 6.07) is 4.86. The fourth-order valence-electron chi connectivity index (χ4n) is 1.73. The first kappa shape index (κ1) is 16.0. The van der Waals surface area contributed by atoms with Gasteiger partial charge in [0, 0.05) is 10.9 Å². The molecule has 0 fully saturated rings. The maximum Gasteiger partial charge on any atom is 0.224 e. The van der Waals surface area contributed by atoms with Gasteiger partial charge in [-0.05, 0) is 43.1 Å². The van der Waals surface area contributed by atoms with Crippen molar-refractivity contribution in [2.45, 2.75) is 0 Å². The Kier molecular flexibility index (Phi) is 4.67. The highest BCUT2D eigenvalue weighted by Crippen LogP contribution is 2.39. The third kappa shape index (κ3) is 3.82. The number of halogens is 2. The van der Waals surface area contributed by atoms with Gasteiger partial charge in [-0.15, -0.1) is 0 Å². The van der Waals surface area contributed by atoms with Crippen molar-refractivity contribution >= 4 is 53.4 Å². The number of aldehydes is 1. The highest BCUT2D eigenvalue weighted by Gasteiger charge is 2.18. The van der Waals surface area contributed by atoms with Gasteiger partial charge in [0.25, 0.3) is 0 Å². The van der Waals surface area contributed by atoms with Crippen molar-refractivity contribution in [1.82, 2.24) is 9.97 Å². The minimum absolute atomic E-state index is 0.0455. The molecule has 0 aliphatic rings. The number of hydrogen-bond acceptors (Lipinski definition) is 5. The molecule has 1 heterocycles. The highest BCUT2D eigenvalue weighted by molar-refractivity contribution is 7.70. The lowest BCUT2D eigenvalue weighted by atomic mass is 10.2. The van der Waals surface area contributed by atoms with E-state index in [1.807, 2.05) is 0 Å². The number of hydrogen-bond donors (Lipinski definition) is 1. The Balaban J connectivity index is 2.51. The molecule has 1 N–H and O–H groups in total. The number of nitrogens with zero attached hydrogens (tertiary/aromatic N) is 2. The van der Waals surface area contributed by atoms with Crippen molar-refractivity contribution in [3.8, 4) is 0 Å². The molecule has 0 saturated heterocycles. The van der Waals surface area contributed by atoms with Gasteiger partial charge >= 0.3 is 0 Å².